The van der Waals surface area contributed by atoms with Crippen molar-refractivity contribution in [3.63, 3.8) is 0 Å². The Hall–Kier alpha value is -1.41. The standard InChI is InChI=1S/C15H20N2/c1-3-4-8-15(16-2)14-7-5-6-12-11-17-10-9-13(12)14/h5-7,9-11,15-16H,3-4,8H2,1-2H3. The number of hydrogen-bond donors (Lipinski definition) is 1. The molecule has 2 heteroatoms. The fourth-order valence-electron chi connectivity index (χ4n) is 2.32. The molecule has 1 unspecified atom stereocenters. The monoisotopic (exact) mass is 228 g/mol. The van der Waals surface area contributed by atoms with Crippen molar-refractivity contribution in [1.29, 1.82) is 0 Å². The number of aromatic nitrogens is 1. The van der Waals surface area contributed by atoms with Crippen LogP contribution in [-0.2, 0) is 0 Å². The summed E-state index contributed by atoms with van der Waals surface area (Å²) >= 11 is 0. The van der Waals surface area contributed by atoms with Crippen molar-refractivity contribution >= 4 is 10.8 Å². The summed E-state index contributed by atoms with van der Waals surface area (Å²) in [6.07, 6.45) is 7.50. The second-order valence-electron chi connectivity index (χ2n) is 4.43. The van der Waals surface area contributed by atoms with Gasteiger partial charge in [-0.3, -0.25) is 4.98 Å². The van der Waals surface area contributed by atoms with E-state index in [0.29, 0.717) is 6.04 Å². The van der Waals surface area contributed by atoms with Crippen LogP contribution in [0, 0.1) is 0 Å². The molecule has 1 atom stereocenters. The van der Waals surface area contributed by atoms with E-state index in [1.807, 2.05) is 19.4 Å². The molecule has 0 aliphatic carbocycles. The molecule has 1 heterocycles. The smallest absolute Gasteiger partial charge is 0.0346 e. The molecule has 0 fully saturated rings. The van der Waals surface area contributed by atoms with Gasteiger partial charge in [0.05, 0.1) is 0 Å². The summed E-state index contributed by atoms with van der Waals surface area (Å²) in [7, 11) is 2.04. The Bertz CT molecular complexity index is 474. The molecule has 2 rings (SSSR count). The maximum atomic E-state index is 4.18. The molecular formula is C15H20N2. The van der Waals surface area contributed by atoms with Gasteiger partial charge in [-0.1, -0.05) is 38.0 Å². The van der Waals surface area contributed by atoms with Crippen molar-refractivity contribution in [2.24, 2.45) is 0 Å². The van der Waals surface area contributed by atoms with E-state index in [9.17, 15) is 0 Å². The van der Waals surface area contributed by atoms with Gasteiger partial charge in [-0.25, -0.2) is 0 Å². The molecule has 17 heavy (non-hydrogen) atoms. The second-order valence-corrected chi connectivity index (χ2v) is 4.43. The number of pyridine rings is 1. The fraction of sp³-hybridized carbons (Fsp3) is 0.400. The van der Waals surface area contributed by atoms with E-state index in [2.05, 4.69) is 41.5 Å². The number of nitrogens with zero attached hydrogens (tertiary/aromatic N) is 1. The first-order valence-corrected chi connectivity index (χ1v) is 6.36. The molecule has 1 aromatic carbocycles. The van der Waals surface area contributed by atoms with Gasteiger partial charge in [0.15, 0.2) is 0 Å². The van der Waals surface area contributed by atoms with Gasteiger partial charge < -0.3 is 5.32 Å². The van der Waals surface area contributed by atoms with Crippen molar-refractivity contribution in [3.8, 4) is 0 Å². The van der Waals surface area contributed by atoms with E-state index in [4.69, 9.17) is 0 Å². The Morgan fingerprint density at radius 2 is 2.18 bits per heavy atom. The van der Waals surface area contributed by atoms with E-state index in [-0.39, 0.29) is 0 Å². The van der Waals surface area contributed by atoms with Crippen LogP contribution < -0.4 is 5.32 Å². The third-order valence-corrected chi connectivity index (χ3v) is 3.28. The zero-order valence-electron chi connectivity index (χ0n) is 10.6. The molecule has 0 saturated carbocycles. The number of rotatable bonds is 5. The molecule has 0 aliphatic rings. The molecule has 0 aliphatic heterocycles. The number of benzene rings is 1. The minimum atomic E-state index is 0.445. The molecular weight excluding hydrogens is 208 g/mol. The van der Waals surface area contributed by atoms with Crippen molar-refractivity contribution in [2.75, 3.05) is 7.05 Å². The summed E-state index contributed by atoms with van der Waals surface area (Å²) in [4.78, 5) is 4.18. The van der Waals surface area contributed by atoms with Crippen molar-refractivity contribution in [2.45, 2.75) is 32.2 Å². The first-order chi connectivity index (χ1) is 8.36. The molecule has 1 aromatic heterocycles. The van der Waals surface area contributed by atoms with Crippen LogP contribution in [0.15, 0.2) is 36.7 Å². The first-order valence-electron chi connectivity index (χ1n) is 6.36. The van der Waals surface area contributed by atoms with Gasteiger partial charge in [0.25, 0.3) is 0 Å². The Kier molecular flexibility index (Phi) is 4.10. The van der Waals surface area contributed by atoms with Gasteiger partial charge in [-0.15, -0.1) is 0 Å². The lowest BCUT2D eigenvalue weighted by Gasteiger charge is -2.18. The lowest BCUT2D eigenvalue weighted by atomic mass is 9.96. The maximum absolute atomic E-state index is 4.18. The van der Waals surface area contributed by atoms with Crippen LogP contribution in [0.1, 0.15) is 37.8 Å². The Morgan fingerprint density at radius 3 is 2.94 bits per heavy atom. The van der Waals surface area contributed by atoms with Crippen molar-refractivity contribution < 1.29 is 0 Å². The van der Waals surface area contributed by atoms with Crippen LogP contribution in [0.4, 0.5) is 0 Å². The average Bonchev–Trinajstić information content (AvgIpc) is 2.40. The summed E-state index contributed by atoms with van der Waals surface area (Å²) in [5, 5.41) is 5.97. The fourth-order valence-corrected chi connectivity index (χ4v) is 2.32. The van der Waals surface area contributed by atoms with Crippen LogP contribution in [0.2, 0.25) is 0 Å². The number of nitrogens with one attached hydrogen (secondary N) is 1. The third-order valence-electron chi connectivity index (χ3n) is 3.28. The summed E-state index contributed by atoms with van der Waals surface area (Å²) < 4.78 is 0. The predicted octanol–water partition coefficient (Wildman–Crippen LogP) is 3.69. The van der Waals surface area contributed by atoms with Gasteiger partial charge in [0, 0.05) is 23.8 Å². The van der Waals surface area contributed by atoms with Gasteiger partial charge >= 0.3 is 0 Å². The van der Waals surface area contributed by atoms with Gasteiger partial charge in [-0.2, -0.15) is 0 Å². The van der Waals surface area contributed by atoms with Gasteiger partial charge in [-0.05, 0) is 30.5 Å². The molecule has 0 spiro atoms. The normalized spacial score (nSPS) is 12.8. The Labute approximate surface area is 103 Å². The molecule has 2 aromatic rings. The average molecular weight is 228 g/mol. The lowest BCUT2D eigenvalue weighted by molar-refractivity contribution is 0.526. The highest BCUT2D eigenvalue weighted by molar-refractivity contribution is 5.85. The maximum Gasteiger partial charge on any atom is 0.0346 e. The summed E-state index contributed by atoms with van der Waals surface area (Å²) in [5.74, 6) is 0. The number of fused-ring (bicyclic) bond motifs is 1. The van der Waals surface area contributed by atoms with E-state index >= 15 is 0 Å². The van der Waals surface area contributed by atoms with E-state index in [0.717, 1.165) is 0 Å². The van der Waals surface area contributed by atoms with Crippen molar-refractivity contribution in [1.82, 2.24) is 10.3 Å². The highest BCUT2D eigenvalue weighted by atomic mass is 14.9. The summed E-state index contributed by atoms with van der Waals surface area (Å²) in [6.45, 7) is 2.24. The molecule has 0 radical (unpaired) electrons. The van der Waals surface area contributed by atoms with Crippen LogP contribution in [-0.4, -0.2) is 12.0 Å². The van der Waals surface area contributed by atoms with Crippen molar-refractivity contribution in [3.05, 3.63) is 42.2 Å². The van der Waals surface area contributed by atoms with E-state index in [1.165, 1.54) is 35.6 Å². The van der Waals surface area contributed by atoms with E-state index in [1.54, 1.807) is 0 Å². The van der Waals surface area contributed by atoms with E-state index < -0.39 is 0 Å². The number of hydrogen-bond acceptors (Lipinski definition) is 2. The molecule has 90 valence electrons. The van der Waals surface area contributed by atoms with Crippen LogP contribution in [0.25, 0.3) is 10.8 Å². The first kappa shape index (κ1) is 12.1. The Balaban J connectivity index is 2.38. The predicted molar refractivity (Wildman–Crippen MR) is 73.1 cm³/mol. The second kappa shape index (κ2) is 5.78. The molecule has 0 saturated heterocycles. The molecule has 1 N–H and O–H groups in total. The SMILES string of the molecule is CCCCC(NC)c1cccc2cnccc12. The molecule has 2 nitrogen and oxygen atoms in total. The lowest BCUT2D eigenvalue weighted by Crippen LogP contribution is -2.16. The van der Waals surface area contributed by atoms with Crippen LogP contribution >= 0.6 is 0 Å². The minimum absolute atomic E-state index is 0.445. The Morgan fingerprint density at radius 1 is 1.29 bits per heavy atom. The highest BCUT2D eigenvalue weighted by Crippen LogP contribution is 2.26. The highest BCUT2D eigenvalue weighted by Gasteiger charge is 2.11. The molecule has 0 amide bonds. The zero-order valence-corrected chi connectivity index (χ0v) is 10.6. The quantitative estimate of drug-likeness (QED) is 0.844. The summed E-state index contributed by atoms with van der Waals surface area (Å²) in [5.41, 5.74) is 1.39. The largest absolute Gasteiger partial charge is 0.313 e. The summed E-state index contributed by atoms with van der Waals surface area (Å²) in [6, 6.07) is 9.02. The van der Waals surface area contributed by atoms with Gasteiger partial charge in [0.2, 0.25) is 0 Å². The number of unbranched alkanes of at least 4 members (excludes halogenated alkanes) is 1. The molecule has 0 bridgehead atoms. The van der Waals surface area contributed by atoms with Crippen LogP contribution in [0.3, 0.4) is 0 Å². The topological polar surface area (TPSA) is 24.9 Å². The third kappa shape index (κ3) is 2.64. The minimum Gasteiger partial charge on any atom is -0.313 e. The van der Waals surface area contributed by atoms with Gasteiger partial charge in [0.1, 0.15) is 0 Å². The zero-order chi connectivity index (χ0) is 12.1. The van der Waals surface area contributed by atoms with Crippen LogP contribution in [0.5, 0.6) is 0 Å².